The number of hydrogen-bond donors (Lipinski definition) is 0. The zero-order valence-corrected chi connectivity index (χ0v) is 10.1. The lowest BCUT2D eigenvalue weighted by atomic mass is 10.1. The number of hydrogen-bond acceptors (Lipinski definition) is 4. The van der Waals surface area contributed by atoms with E-state index in [1.807, 2.05) is 6.07 Å². The summed E-state index contributed by atoms with van der Waals surface area (Å²) in [4.78, 5) is 22.5. The molecule has 0 atom stereocenters. The van der Waals surface area contributed by atoms with Crippen molar-refractivity contribution in [2.75, 3.05) is 6.61 Å². The molecule has 1 rings (SSSR count). The van der Waals surface area contributed by atoms with Gasteiger partial charge < -0.3 is 4.74 Å². The van der Waals surface area contributed by atoms with Crippen LogP contribution in [0.1, 0.15) is 17.5 Å². The van der Waals surface area contributed by atoms with Crippen LogP contribution in [0.25, 0.3) is 6.08 Å². The fourth-order valence-corrected chi connectivity index (χ4v) is 1.28. The largest absolute Gasteiger partial charge is 0.452 e. The van der Waals surface area contributed by atoms with Crippen molar-refractivity contribution in [1.82, 2.24) is 0 Å². The van der Waals surface area contributed by atoms with Gasteiger partial charge in [-0.25, -0.2) is 0 Å². The van der Waals surface area contributed by atoms with Gasteiger partial charge in [0.1, 0.15) is 6.42 Å². The first-order valence-corrected chi connectivity index (χ1v) is 5.46. The van der Waals surface area contributed by atoms with Crippen molar-refractivity contribution in [3.63, 3.8) is 0 Å². The van der Waals surface area contributed by atoms with E-state index in [1.54, 1.807) is 24.3 Å². The summed E-state index contributed by atoms with van der Waals surface area (Å²) >= 11 is 0. The first-order chi connectivity index (χ1) is 9.15. The van der Waals surface area contributed by atoms with Gasteiger partial charge in [0.05, 0.1) is 11.6 Å². The van der Waals surface area contributed by atoms with Crippen LogP contribution >= 0.6 is 0 Å². The number of benzene rings is 1. The third-order valence-electron chi connectivity index (χ3n) is 2.11. The number of esters is 1. The van der Waals surface area contributed by atoms with Gasteiger partial charge in [0, 0.05) is 0 Å². The summed E-state index contributed by atoms with van der Waals surface area (Å²) in [5.74, 6) is 1.10. The quantitative estimate of drug-likeness (QED) is 0.347. The zero-order chi connectivity index (χ0) is 14.1. The zero-order valence-electron chi connectivity index (χ0n) is 10.1. The van der Waals surface area contributed by atoms with Crippen LogP contribution in [0.5, 0.6) is 0 Å². The van der Waals surface area contributed by atoms with Gasteiger partial charge in [-0.1, -0.05) is 24.1 Å². The molecule has 0 aromatic heterocycles. The number of ketones is 1. The van der Waals surface area contributed by atoms with E-state index in [0.29, 0.717) is 11.1 Å². The molecule has 1 aromatic carbocycles. The van der Waals surface area contributed by atoms with Crippen molar-refractivity contribution >= 4 is 17.8 Å². The number of nitrogens with zero attached hydrogens (tertiary/aromatic N) is 1. The second-order valence-corrected chi connectivity index (χ2v) is 3.58. The van der Waals surface area contributed by atoms with E-state index in [1.165, 1.54) is 12.2 Å². The average molecular weight is 253 g/mol. The van der Waals surface area contributed by atoms with E-state index in [2.05, 4.69) is 10.7 Å². The third kappa shape index (κ3) is 5.34. The maximum atomic E-state index is 11.4. The van der Waals surface area contributed by atoms with Crippen LogP contribution in [0.15, 0.2) is 30.3 Å². The Morgan fingerprint density at radius 3 is 2.89 bits per heavy atom. The molecule has 19 heavy (non-hydrogen) atoms. The summed E-state index contributed by atoms with van der Waals surface area (Å²) in [6.45, 7) is -0.139. The Kier molecular flexibility index (Phi) is 5.59. The number of carbonyl (C=O) groups excluding carboxylic acids is 2. The van der Waals surface area contributed by atoms with Gasteiger partial charge in [-0.05, 0) is 23.8 Å². The normalized spacial score (nSPS) is 9.58. The molecule has 1 aromatic rings. The average Bonchev–Trinajstić information content (AvgIpc) is 2.43. The second kappa shape index (κ2) is 7.47. The highest BCUT2D eigenvalue weighted by Gasteiger charge is 2.07. The number of nitriles is 1. The summed E-state index contributed by atoms with van der Waals surface area (Å²) in [5, 5.41) is 8.72. The third-order valence-corrected chi connectivity index (χ3v) is 2.11. The minimum atomic E-state index is -0.654. The van der Waals surface area contributed by atoms with E-state index in [-0.39, 0.29) is 18.8 Å². The number of allylic oxidation sites excluding steroid dienone is 1. The molecule has 0 heterocycles. The van der Waals surface area contributed by atoms with Crippen molar-refractivity contribution in [3.05, 3.63) is 41.5 Å². The molecule has 0 aliphatic heterocycles. The maximum Gasteiger partial charge on any atom is 0.314 e. The second-order valence-electron chi connectivity index (χ2n) is 3.58. The summed E-state index contributed by atoms with van der Waals surface area (Å²) < 4.78 is 4.58. The number of rotatable bonds is 5. The van der Waals surface area contributed by atoms with E-state index >= 15 is 0 Å². The maximum absolute atomic E-state index is 11.4. The van der Waals surface area contributed by atoms with Gasteiger partial charge in [-0.2, -0.15) is 5.26 Å². The van der Waals surface area contributed by atoms with Crippen molar-refractivity contribution in [2.45, 2.75) is 6.42 Å². The van der Waals surface area contributed by atoms with Crippen LogP contribution in [-0.2, 0) is 14.3 Å². The van der Waals surface area contributed by atoms with Gasteiger partial charge in [0.25, 0.3) is 0 Å². The van der Waals surface area contributed by atoms with E-state index < -0.39 is 5.97 Å². The van der Waals surface area contributed by atoms with Gasteiger partial charge >= 0.3 is 5.97 Å². The molecule has 0 aliphatic rings. The molecule has 0 N–H and O–H groups in total. The molecule has 0 bridgehead atoms. The van der Waals surface area contributed by atoms with Gasteiger partial charge in [-0.15, -0.1) is 6.42 Å². The lowest BCUT2D eigenvalue weighted by Gasteiger charge is -1.97. The fraction of sp³-hybridized carbons (Fsp3) is 0.133. The lowest BCUT2D eigenvalue weighted by Crippen LogP contribution is -2.09. The van der Waals surface area contributed by atoms with Crippen LogP contribution in [0.3, 0.4) is 0 Å². The molecule has 4 nitrogen and oxygen atoms in total. The molecule has 0 unspecified atom stereocenters. The molecule has 0 fully saturated rings. The fourth-order valence-electron chi connectivity index (χ4n) is 1.28. The van der Waals surface area contributed by atoms with Crippen LogP contribution in [0, 0.1) is 23.7 Å². The Balaban J connectivity index is 2.57. The Labute approximate surface area is 111 Å². The van der Waals surface area contributed by atoms with Crippen molar-refractivity contribution < 1.29 is 14.3 Å². The minimum Gasteiger partial charge on any atom is -0.452 e. The molecular weight excluding hydrogens is 242 g/mol. The smallest absolute Gasteiger partial charge is 0.314 e. The Morgan fingerprint density at radius 1 is 1.42 bits per heavy atom. The Bertz CT molecular complexity index is 588. The topological polar surface area (TPSA) is 67.2 Å². The van der Waals surface area contributed by atoms with Crippen molar-refractivity contribution in [1.29, 1.82) is 5.26 Å². The molecule has 0 amide bonds. The highest BCUT2D eigenvalue weighted by atomic mass is 16.5. The summed E-state index contributed by atoms with van der Waals surface area (Å²) in [5.41, 5.74) is 1.22. The molecule has 0 spiro atoms. The predicted molar refractivity (Wildman–Crippen MR) is 69.6 cm³/mol. The summed E-state index contributed by atoms with van der Waals surface area (Å²) in [6.07, 6.45) is 7.38. The monoisotopic (exact) mass is 253 g/mol. The first-order valence-electron chi connectivity index (χ1n) is 5.46. The van der Waals surface area contributed by atoms with Gasteiger partial charge in [0.15, 0.2) is 12.4 Å². The number of terminal acetylenes is 1. The van der Waals surface area contributed by atoms with Crippen LogP contribution in [0.2, 0.25) is 0 Å². The SMILES string of the molecule is C#CCOC(=O)CC(=O)C=Cc1cccc(C#N)c1. The number of ether oxygens (including phenoxy) is 1. The molecule has 0 radical (unpaired) electrons. The van der Waals surface area contributed by atoms with Crippen LogP contribution < -0.4 is 0 Å². The molecule has 0 aliphatic carbocycles. The van der Waals surface area contributed by atoms with Gasteiger partial charge in [-0.3, -0.25) is 9.59 Å². The minimum absolute atomic E-state index is 0.139. The lowest BCUT2D eigenvalue weighted by molar-refractivity contribution is -0.143. The first kappa shape index (κ1) is 14.2. The van der Waals surface area contributed by atoms with Gasteiger partial charge in [0.2, 0.25) is 0 Å². The number of carbonyl (C=O) groups is 2. The highest BCUT2D eigenvalue weighted by Crippen LogP contribution is 2.06. The molecule has 0 saturated carbocycles. The summed E-state index contributed by atoms with van der Waals surface area (Å²) in [6, 6.07) is 8.76. The molecule has 0 saturated heterocycles. The van der Waals surface area contributed by atoms with Crippen LogP contribution in [-0.4, -0.2) is 18.4 Å². The molecule has 94 valence electrons. The van der Waals surface area contributed by atoms with E-state index in [9.17, 15) is 9.59 Å². The Morgan fingerprint density at radius 2 is 2.21 bits per heavy atom. The van der Waals surface area contributed by atoms with E-state index in [4.69, 9.17) is 11.7 Å². The predicted octanol–water partition coefficient (Wildman–Crippen LogP) is 1.71. The van der Waals surface area contributed by atoms with Crippen molar-refractivity contribution in [2.24, 2.45) is 0 Å². The summed E-state index contributed by atoms with van der Waals surface area (Å²) in [7, 11) is 0. The van der Waals surface area contributed by atoms with Crippen molar-refractivity contribution in [3.8, 4) is 18.4 Å². The molecule has 4 heteroatoms. The standard InChI is InChI=1S/C15H11NO3/c1-2-8-19-15(18)10-14(17)7-6-12-4-3-5-13(9-12)11-16/h1,3-7,9H,8,10H2. The Hall–Kier alpha value is -2.85. The van der Waals surface area contributed by atoms with Crippen LogP contribution in [0.4, 0.5) is 0 Å². The molecular formula is C15H11NO3. The highest BCUT2D eigenvalue weighted by molar-refractivity contribution is 6.03. The van der Waals surface area contributed by atoms with E-state index in [0.717, 1.165) is 0 Å².